The van der Waals surface area contributed by atoms with Gasteiger partial charge >= 0.3 is 0 Å². The molecule has 1 aliphatic rings. The Hall–Kier alpha value is -1.33. The molecule has 0 amide bonds. The van der Waals surface area contributed by atoms with Crippen LogP contribution in [-0.2, 0) is 15.4 Å². The number of benzene rings is 1. The molecule has 0 spiro atoms. The van der Waals surface area contributed by atoms with E-state index in [-0.39, 0.29) is 11.5 Å². The first-order valence-corrected chi connectivity index (χ1v) is 10.8. The molecule has 1 aromatic carbocycles. The molecule has 5 atom stereocenters. The van der Waals surface area contributed by atoms with Gasteiger partial charge in [0, 0.05) is 6.42 Å². The zero-order valence-corrected chi connectivity index (χ0v) is 17.7. The van der Waals surface area contributed by atoms with E-state index in [1.165, 1.54) is 14.2 Å². The maximum atomic E-state index is 10.2. The number of oxime groups is 1. The summed E-state index contributed by atoms with van der Waals surface area (Å²) in [5, 5.41) is 42.8. The second-order valence-electron chi connectivity index (χ2n) is 6.21. The van der Waals surface area contributed by atoms with Crippen molar-refractivity contribution in [1.82, 2.24) is 0 Å². The van der Waals surface area contributed by atoms with E-state index in [1.54, 1.807) is 18.2 Å². The third-order valence-corrected chi connectivity index (χ3v) is 5.53. The first-order chi connectivity index (χ1) is 14.1. The molecule has 0 radical (unpaired) electrons. The number of aliphatic hydroxyl groups is 4. The van der Waals surface area contributed by atoms with E-state index in [0.717, 1.165) is 11.8 Å². The van der Waals surface area contributed by atoms with Crippen molar-refractivity contribution in [2.24, 2.45) is 5.16 Å². The van der Waals surface area contributed by atoms with Gasteiger partial charge in [0.05, 0.1) is 20.8 Å². The molecule has 12 nitrogen and oxygen atoms in total. The van der Waals surface area contributed by atoms with E-state index < -0.39 is 47.6 Å². The first kappa shape index (κ1) is 24.9. The third-order valence-electron chi connectivity index (χ3n) is 4.14. The average molecular weight is 472 g/mol. The highest BCUT2D eigenvalue weighted by molar-refractivity contribution is 8.15. The summed E-state index contributed by atoms with van der Waals surface area (Å²) in [6, 6.07) is 4.92. The van der Waals surface area contributed by atoms with Crippen LogP contribution in [0.25, 0.3) is 0 Å². The summed E-state index contributed by atoms with van der Waals surface area (Å²) in [6.07, 6.45) is -5.82. The Kier molecular flexibility index (Phi) is 8.98. The molecule has 0 saturated carbocycles. The summed E-state index contributed by atoms with van der Waals surface area (Å²) < 4.78 is 47.2. The molecule has 1 fully saturated rings. The summed E-state index contributed by atoms with van der Waals surface area (Å²) in [6.45, 7) is -0.613. The third kappa shape index (κ3) is 6.58. The van der Waals surface area contributed by atoms with Crippen LogP contribution in [0.5, 0.6) is 11.5 Å². The molecule has 5 unspecified atom stereocenters. The minimum Gasteiger partial charge on any atom is -0.493 e. The fourth-order valence-electron chi connectivity index (χ4n) is 2.65. The number of rotatable bonds is 8. The van der Waals surface area contributed by atoms with Crippen molar-refractivity contribution < 1.29 is 52.6 Å². The SMILES string of the molecule is COc1ccc(CC(=NOS(O)(O)O)SC2OC(CO)C(O)C(O)C2O)cc1OC. The van der Waals surface area contributed by atoms with Gasteiger partial charge in [0.15, 0.2) is 11.5 Å². The van der Waals surface area contributed by atoms with Crippen LogP contribution >= 0.6 is 22.9 Å². The van der Waals surface area contributed by atoms with E-state index in [1.807, 2.05) is 0 Å². The Morgan fingerprint density at radius 2 is 1.73 bits per heavy atom. The van der Waals surface area contributed by atoms with Gasteiger partial charge < -0.3 is 34.6 Å². The standard InChI is InChI=1S/C16H25NO11S2/c1-25-9-4-3-8(5-10(9)26-2)6-12(17-28-30(22,23)24)29-16-15(21)14(20)13(19)11(7-18)27-16/h3-5,11,13-16,18-24H,6-7H2,1-2H3. The van der Waals surface area contributed by atoms with Gasteiger partial charge in [-0.25, -0.2) is 0 Å². The van der Waals surface area contributed by atoms with Crippen molar-refractivity contribution in [3.05, 3.63) is 23.8 Å². The minimum atomic E-state index is -4.40. The molecule has 2 rings (SSSR count). The zero-order valence-electron chi connectivity index (χ0n) is 16.1. The number of thioether (sulfide) groups is 1. The van der Waals surface area contributed by atoms with E-state index in [9.17, 15) is 20.4 Å². The van der Waals surface area contributed by atoms with Gasteiger partial charge in [-0.3, -0.25) is 17.9 Å². The molecule has 1 saturated heterocycles. The van der Waals surface area contributed by atoms with E-state index in [4.69, 9.17) is 27.9 Å². The van der Waals surface area contributed by atoms with E-state index in [2.05, 4.69) is 9.44 Å². The summed E-state index contributed by atoms with van der Waals surface area (Å²) in [7, 11) is 2.92. The van der Waals surface area contributed by atoms with Crippen molar-refractivity contribution in [1.29, 1.82) is 0 Å². The molecule has 0 aliphatic carbocycles. The smallest absolute Gasteiger partial charge is 0.287 e. The number of ether oxygens (including phenoxy) is 3. The minimum absolute atomic E-state index is 0.00949. The number of aliphatic hydroxyl groups excluding tert-OH is 4. The Morgan fingerprint density at radius 1 is 1.07 bits per heavy atom. The van der Waals surface area contributed by atoms with Crippen LogP contribution in [-0.4, -0.2) is 89.8 Å². The van der Waals surface area contributed by atoms with Crippen LogP contribution in [0.2, 0.25) is 0 Å². The highest BCUT2D eigenvalue weighted by Crippen LogP contribution is 2.36. The summed E-state index contributed by atoms with van der Waals surface area (Å²) in [5.41, 5.74) is -0.579. The normalized spacial score (nSPS) is 28.2. The largest absolute Gasteiger partial charge is 0.493 e. The highest BCUT2D eigenvalue weighted by Gasteiger charge is 2.44. The van der Waals surface area contributed by atoms with E-state index in [0.29, 0.717) is 17.1 Å². The van der Waals surface area contributed by atoms with Crippen molar-refractivity contribution in [2.45, 2.75) is 36.3 Å². The molecule has 7 N–H and O–H groups in total. The molecule has 1 heterocycles. The van der Waals surface area contributed by atoms with Gasteiger partial charge in [-0.05, 0) is 17.7 Å². The molecular formula is C16H25NO11S2. The van der Waals surface area contributed by atoms with Crippen LogP contribution in [0.1, 0.15) is 5.56 Å². The van der Waals surface area contributed by atoms with Crippen LogP contribution in [0.4, 0.5) is 0 Å². The van der Waals surface area contributed by atoms with Gasteiger partial charge in [0.2, 0.25) is 0 Å². The lowest BCUT2D eigenvalue weighted by molar-refractivity contribution is -0.205. The molecule has 0 aromatic heterocycles. The average Bonchev–Trinajstić information content (AvgIpc) is 2.71. The predicted octanol–water partition coefficient (Wildman–Crippen LogP) is 0.248. The first-order valence-electron chi connectivity index (χ1n) is 8.53. The molecule has 14 heteroatoms. The monoisotopic (exact) mass is 471 g/mol. The van der Waals surface area contributed by atoms with Gasteiger partial charge in [0.25, 0.3) is 11.2 Å². The lowest BCUT2D eigenvalue weighted by atomic mass is 10.0. The van der Waals surface area contributed by atoms with Gasteiger partial charge in [-0.2, -0.15) is 0 Å². The summed E-state index contributed by atoms with van der Waals surface area (Å²) in [5.74, 6) is 0.890. The van der Waals surface area contributed by atoms with Crippen molar-refractivity contribution >= 4 is 28.0 Å². The van der Waals surface area contributed by atoms with Gasteiger partial charge in [0.1, 0.15) is 34.9 Å². The van der Waals surface area contributed by atoms with Gasteiger partial charge in [-0.15, -0.1) is 0 Å². The quantitative estimate of drug-likeness (QED) is 0.156. The van der Waals surface area contributed by atoms with Crippen LogP contribution < -0.4 is 9.47 Å². The molecule has 30 heavy (non-hydrogen) atoms. The second-order valence-corrected chi connectivity index (χ2v) is 8.47. The lowest BCUT2D eigenvalue weighted by Gasteiger charge is -2.39. The Labute approximate surface area is 178 Å². The predicted molar refractivity (Wildman–Crippen MR) is 109 cm³/mol. The van der Waals surface area contributed by atoms with Crippen LogP contribution in [0, 0.1) is 0 Å². The number of methoxy groups -OCH3 is 2. The number of hydrogen-bond acceptors (Lipinski definition) is 13. The van der Waals surface area contributed by atoms with Crippen molar-refractivity contribution in [2.75, 3.05) is 20.8 Å². The summed E-state index contributed by atoms with van der Waals surface area (Å²) in [4.78, 5) is 0. The Morgan fingerprint density at radius 3 is 2.30 bits per heavy atom. The zero-order chi connectivity index (χ0) is 22.5. The fraction of sp³-hybridized carbons (Fsp3) is 0.562. The number of nitrogens with zero attached hydrogens (tertiary/aromatic N) is 1. The maximum absolute atomic E-state index is 10.2. The number of hydrogen-bond donors (Lipinski definition) is 7. The Balaban J connectivity index is 2.25. The molecule has 1 aromatic rings. The van der Waals surface area contributed by atoms with Crippen molar-refractivity contribution in [3.63, 3.8) is 0 Å². The van der Waals surface area contributed by atoms with Gasteiger partial charge in [-0.1, -0.05) is 23.0 Å². The van der Waals surface area contributed by atoms with Crippen LogP contribution in [0.15, 0.2) is 23.4 Å². The summed E-state index contributed by atoms with van der Waals surface area (Å²) >= 11 is -3.67. The maximum Gasteiger partial charge on any atom is 0.287 e. The lowest BCUT2D eigenvalue weighted by Crippen LogP contribution is -2.57. The fourth-order valence-corrected chi connectivity index (χ4v) is 3.99. The van der Waals surface area contributed by atoms with E-state index >= 15 is 0 Å². The topological polar surface area (TPSA) is 191 Å². The highest BCUT2D eigenvalue weighted by atomic mass is 32.3. The molecule has 0 bridgehead atoms. The molecule has 172 valence electrons. The van der Waals surface area contributed by atoms with Crippen LogP contribution in [0.3, 0.4) is 0 Å². The van der Waals surface area contributed by atoms with Crippen molar-refractivity contribution in [3.8, 4) is 11.5 Å². The Bertz CT molecular complexity index is 728. The second kappa shape index (κ2) is 10.8. The molecular weight excluding hydrogens is 446 g/mol. The molecule has 1 aliphatic heterocycles.